The van der Waals surface area contributed by atoms with Gasteiger partial charge >= 0.3 is 5.97 Å². The van der Waals surface area contributed by atoms with Crippen molar-refractivity contribution in [3.05, 3.63) is 29.3 Å². The summed E-state index contributed by atoms with van der Waals surface area (Å²) in [6.07, 6.45) is 0.465. The second-order valence-corrected chi connectivity index (χ2v) is 3.63. The van der Waals surface area contributed by atoms with E-state index in [2.05, 4.69) is 0 Å². The highest BCUT2D eigenvalue weighted by molar-refractivity contribution is 5.81. The molecule has 3 nitrogen and oxygen atoms in total. The van der Waals surface area contributed by atoms with Gasteiger partial charge in [-0.05, 0) is 24.1 Å². The van der Waals surface area contributed by atoms with Crippen LogP contribution in [0.5, 0.6) is 5.75 Å². The Balaban J connectivity index is 2.53. The van der Waals surface area contributed by atoms with Crippen molar-refractivity contribution in [3.8, 4) is 5.75 Å². The van der Waals surface area contributed by atoms with Gasteiger partial charge in [0.05, 0.1) is 7.11 Å². The van der Waals surface area contributed by atoms with Crippen molar-refractivity contribution in [3.63, 3.8) is 0 Å². The third-order valence-electron chi connectivity index (χ3n) is 2.82. The summed E-state index contributed by atoms with van der Waals surface area (Å²) >= 11 is 0. The predicted octanol–water partition coefficient (Wildman–Crippen LogP) is 1.89. The third-order valence-corrected chi connectivity index (χ3v) is 2.82. The Bertz CT molecular complexity index is 416. The van der Waals surface area contributed by atoms with Crippen LogP contribution in [0.2, 0.25) is 0 Å². The normalized spacial score (nSPS) is 23.6. The average Bonchev–Trinajstić information content (AvgIpc) is 2.57. The van der Waals surface area contributed by atoms with Crippen molar-refractivity contribution in [2.24, 2.45) is 0 Å². The van der Waals surface area contributed by atoms with Gasteiger partial charge in [-0.25, -0.2) is 9.18 Å². The lowest BCUT2D eigenvalue weighted by molar-refractivity contribution is -0.151. The molecule has 0 fully saturated rings. The van der Waals surface area contributed by atoms with Crippen LogP contribution in [0.15, 0.2) is 18.2 Å². The number of carbonyl (C=O) groups is 1. The standard InChI is InChI=1S/C11H11FO3/c1-15-8-3-2-7-4-5-11(12,10(13)14)9(7)6-8/h2-3,6H,4-5H2,1H3,(H,13,14). The quantitative estimate of drug-likeness (QED) is 0.810. The van der Waals surface area contributed by atoms with Gasteiger partial charge in [0.1, 0.15) is 5.75 Å². The molecule has 1 N–H and O–H groups in total. The largest absolute Gasteiger partial charge is 0.497 e. The van der Waals surface area contributed by atoms with Crippen molar-refractivity contribution < 1.29 is 19.0 Å². The van der Waals surface area contributed by atoms with E-state index in [1.165, 1.54) is 13.2 Å². The molecule has 0 bridgehead atoms. The highest BCUT2D eigenvalue weighted by Crippen LogP contribution is 2.42. The van der Waals surface area contributed by atoms with Gasteiger partial charge in [-0.15, -0.1) is 0 Å². The summed E-state index contributed by atoms with van der Waals surface area (Å²) in [7, 11) is 1.47. The van der Waals surface area contributed by atoms with E-state index in [1.54, 1.807) is 12.1 Å². The lowest BCUT2D eigenvalue weighted by atomic mass is 9.98. The molecule has 1 aliphatic carbocycles. The summed E-state index contributed by atoms with van der Waals surface area (Å²) in [5.41, 5.74) is -1.26. The van der Waals surface area contributed by atoms with Gasteiger partial charge in [0.15, 0.2) is 0 Å². The van der Waals surface area contributed by atoms with E-state index in [-0.39, 0.29) is 12.0 Å². The molecule has 15 heavy (non-hydrogen) atoms. The Kier molecular flexibility index (Phi) is 2.14. The van der Waals surface area contributed by atoms with Crippen LogP contribution >= 0.6 is 0 Å². The number of ether oxygens (including phenoxy) is 1. The first-order chi connectivity index (χ1) is 7.08. The van der Waals surface area contributed by atoms with E-state index in [4.69, 9.17) is 9.84 Å². The van der Waals surface area contributed by atoms with Crippen LogP contribution in [-0.2, 0) is 16.9 Å². The number of fused-ring (bicyclic) bond motifs is 1. The molecule has 0 saturated heterocycles. The zero-order valence-electron chi connectivity index (χ0n) is 8.29. The number of halogens is 1. The molecule has 0 aromatic heterocycles. The van der Waals surface area contributed by atoms with Crippen LogP contribution < -0.4 is 4.74 Å². The average molecular weight is 210 g/mol. The van der Waals surface area contributed by atoms with Crippen LogP contribution in [0.1, 0.15) is 17.5 Å². The van der Waals surface area contributed by atoms with Gasteiger partial charge in [0.25, 0.3) is 0 Å². The molecule has 0 saturated carbocycles. The monoisotopic (exact) mass is 210 g/mol. The number of carboxylic acids is 1. The molecule has 1 aliphatic rings. The summed E-state index contributed by atoms with van der Waals surface area (Å²) in [4.78, 5) is 10.9. The van der Waals surface area contributed by atoms with Crippen molar-refractivity contribution in [1.29, 1.82) is 0 Å². The molecule has 0 radical (unpaired) electrons. The van der Waals surface area contributed by atoms with E-state index in [1.807, 2.05) is 0 Å². The van der Waals surface area contributed by atoms with Gasteiger partial charge < -0.3 is 9.84 Å². The molecule has 0 spiro atoms. The minimum atomic E-state index is -2.25. The smallest absolute Gasteiger partial charge is 0.346 e. The maximum Gasteiger partial charge on any atom is 0.346 e. The Hall–Kier alpha value is -1.58. The Morgan fingerprint density at radius 3 is 2.93 bits per heavy atom. The zero-order valence-corrected chi connectivity index (χ0v) is 8.29. The summed E-state index contributed by atoms with van der Waals surface area (Å²) in [6.45, 7) is 0. The maximum absolute atomic E-state index is 14.1. The summed E-state index contributed by atoms with van der Waals surface area (Å²) < 4.78 is 19.0. The van der Waals surface area contributed by atoms with Gasteiger partial charge in [-0.2, -0.15) is 0 Å². The second-order valence-electron chi connectivity index (χ2n) is 3.63. The van der Waals surface area contributed by atoms with Gasteiger partial charge in [-0.1, -0.05) is 6.07 Å². The number of carboxylic acid groups (broad SMARTS) is 1. The predicted molar refractivity (Wildman–Crippen MR) is 51.7 cm³/mol. The van der Waals surface area contributed by atoms with Gasteiger partial charge in [0.2, 0.25) is 5.67 Å². The molecule has 4 heteroatoms. The Morgan fingerprint density at radius 2 is 2.33 bits per heavy atom. The fourth-order valence-corrected chi connectivity index (χ4v) is 1.93. The number of benzene rings is 1. The first-order valence-electron chi connectivity index (χ1n) is 4.67. The maximum atomic E-state index is 14.1. The second kappa shape index (κ2) is 3.22. The number of aryl methyl sites for hydroxylation is 1. The fraction of sp³-hybridized carbons (Fsp3) is 0.364. The first-order valence-corrected chi connectivity index (χ1v) is 4.67. The highest BCUT2D eigenvalue weighted by Gasteiger charge is 2.46. The lowest BCUT2D eigenvalue weighted by Gasteiger charge is -2.15. The van der Waals surface area contributed by atoms with E-state index >= 15 is 0 Å². The molecular weight excluding hydrogens is 199 g/mol. The number of rotatable bonds is 2. The van der Waals surface area contributed by atoms with Crippen LogP contribution in [0.4, 0.5) is 4.39 Å². The molecule has 1 aromatic rings. The van der Waals surface area contributed by atoms with Crippen LogP contribution in [-0.4, -0.2) is 18.2 Å². The van der Waals surface area contributed by atoms with Crippen molar-refractivity contribution in [2.75, 3.05) is 7.11 Å². The van der Waals surface area contributed by atoms with Crippen molar-refractivity contribution >= 4 is 5.97 Å². The molecule has 1 aromatic carbocycles. The van der Waals surface area contributed by atoms with E-state index < -0.39 is 11.6 Å². The third kappa shape index (κ3) is 1.37. The molecular formula is C11H11FO3. The minimum absolute atomic E-state index is 0.00480. The zero-order chi connectivity index (χ0) is 11.1. The number of methoxy groups -OCH3 is 1. The Morgan fingerprint density at radius 1 is 1.60 bits per heavy atom. The van der Waals surface area contributed by atoms with E-state index in [0.29, 0.717) is 12.2 Å². The van der Waals surface area contributed by atoms with E-state index in [9.17, 15) is 9.18 Å². The highest BCUT2D eigenvalue weighted by atomic mass is 19.1. The van der Waals surface area contributed by atoms with Crippen LogP contribution in [0.3, 0.4) is 0 Å². The van der Waals surface area contributed by atoms with Crippen LogP contribution in [0, 0.1) is 0 Å². The Labute approximate surface area is 86.5 Å². The summed E-state index contributed by atoms with van der Waals surface area (Å²) in [5.74, 6) is -0.937. The van der Waals surface area contributed by atoms with E-state index in [0.717, 1.165) is 5.56 Å². The van der Waals surface area contributed by atoms with Gasteiger partial charge in [0, 0.05) is 12.0 Å². The summed E-state index contributed by atoms with van der Waals surface area (Å²) in [6, 6.07) is 4.90. The van der Waals surface area contributed by atoms with Gasteiger partial charge in [-0.3, -0.25) is 0 Å². The molecule has 0 amide bonds. The molecule has 1 atom stereocenters. The molecule has 0 heterocycles. The number of hydrogen-bond acceptors (Lipinski definition) is 2. The molecule has 1 unspecified atom stereocenters. The molecule has 2 rings (SSSR count). The number of alkyl halides is 1. The topological polar surface area (TPSA) is 46.5 Å². The van der Waals surface area contributed by atoms with Crippen molar-refractivity contribution in [2.45, 2.75) is 18.5 Å². The summed E-state index contributed by atoms with van der Waals surface area (Å²) in [5, 5.41) is 8.87. The number of aliphatic carboxylic acids is 1. The SMILES string of the molecule is COc1ccc2c(c1)C(F)(C(=O)O)CC2. The number of hydrogen-bond donors (Lipinski definition) is 1. The lowest BCUT2D eigenvalue weighted by Crippen LogP contribution is -2.27. The molecule has 0 aliphatic heterocycles. The first kappa shape index (κ1) is 9.96. The minimum Gasteiger partial charge on any atom is -0.497 e. The molecule has 80 valence electrons. The fourth-order valence-electron chi connectivity index (χ4n) is 1.93. The van der Waals surface area contributed by atoms with Crippen LogP contribution in [0.25, 0.3) is 0 Å². The van der Waals surface area contributed by atoms with Crippen molar-refractivity contribution in [1.82, 2.24) is 0 Å².